The number of aromatic nitrogens is 1. The molecule has 0 spiro atoms. The van der Waals surface area contributed by atoms with Gasteiger partial charge in [-0.05, 0) is 36.8 Å². The molecule has 2 aromatic rings. The molecule has 1 N–H and O–H groups in total. The van der Waals surface area contributed by atoms with Gasteiger partial charge in [-0.3, -0.25) is 9.78 Å². The molecule has 0 bridgehead atoms. The van der Waals surface area contributed by atoms with Crippen LogP contribution < -0.4 is 5.32 Å². The Bertz CT molecular complexity index is 649. The van der Waals surface area contributed by atoms with E-state index in [1.165, 1.54) is 30.5 Å². The lowest BCUT2D eigenvalue weighted by molar-refractivity contribution is 0.0923. The van der Waals surface area contributed by atoms with Crippen LogP contribution >= 0.6 is 0 Å². The van der Waals surface area contributed by atoms with Gasteiger partial charge < -0.3 is 5.32 Å². The number of hydrogen-bond acceptors (Lipinski definition) is 3. The first-order chi connectivity index (χ1) is 9.55. The molecule has 0 aliphatic rings. The van der Waals surface area contributed by atoms with Crippen molar-refractivity contribution >= 4 is 5.91 Å². The fraction of sp³-hybridized carbons (Fsp3) is 0.133. The smallest absolute Gasteiger partial charge is 0.254 e. The summed E-state index contributed by atoms with van der Waals surface area (Å²) in [6, 6.07) is 10.7. The molecule has 0 fully saturated rings. The molecular formula is C15H12FN3O. The van der Waals surface area contributed by atoms with E-state index in [1.54, 1.807) is 25.3 Å². The molecule has 20 heavy (non-hydrogen) atoms. The summed E-state index contributed by atoms with van der Waals surface area (Å²) in [7, 11) is 0. The zero-order chi connectivity index (χ0) is 14.6. The van der Waals surface area contributed by atoms with E-state index in [9.17, 15) is 14.4 Å². The molecule has 1 unspecified atom stereocenters. The van der Waals surface area contributed by atoms with Crippen LogP contribution in [0.4, 0.5) is 4.39 Å². The third kappa shape index (κ3) is 2.81. The first-order valence-corrected chi connectivity index (χ1v) is 5.95. The molecule has 1 aromatic heterocycles. The summed E-state index contributed by atoms with van der Waals surface area (Å²) < 4.78 is 12.9. The number of rotatable bonds is 3. The summed E-state index contributed by atoms with van der Waals surface area (Å²) in [5.74, 6) is -0.806. The molecule has 1 heterocycles. The van der Waals surface area contributed by atoms with Crippen molar-refractivity contribution in [2.24, 2.45) is 0 Å². The average molecular weight is 269 g/mol. The van der Waals surface area contributed by atoms with Crippen LogP contribution in [0.2, 0.25) is 0 Å². The van der Waals surface area contributed by atoms with Gasteiger partial charge >= 0.3 is 0 Å². The molecule has 0 saturated heterocycles. The van der Waals surface area contributed by atoms with Crippen molar-refractivity contribution in [3.8, 4) is 6.07 Å². The number of pyridine rings is 1. The predicted molar refractivity (Wildman–Crippen MR) is 71.1 cm³/mol. The average Bonchev–Trinajstić information content (AvgIpc) is 2.48. The van der Waals surface area contributed by atoms with Crippen LogP contribution in [-0.2, 0) is 5.54 Å². The van der Waals surface area contributed by atoms with Gasteiger partial charge in [0.1, 0.15) is 5.82 Å². The number of nitrogens with zero attached hydrogens (tertiary/aromatic N) is 2. The van der Waals surface area contributed by atoms with Crippen LogP contribution in [0.3, 0.4) is 0 Å². The lowest BCUT2D eigenvalue weighted by atomic mass is 9.93. The molecule has 5 heteroatoms. The molecule has 0 aliphatic heterocycles. The van der Waals surface area contributed by atoms with Gasteiger partial charge in [0.25, 0.3) is 5.91 Å². The number of benzene rings is 1. The van der Waals surface area contributed by atoms with Gasteiger partial charge in [0.2, 0.25) is 0 Å². The molecule has 1 atom stereocenters. The fourth-order valence-corrected chi connectivity index (χ4v) is 1.74. The second-order valence-corrected chi connectivity index (χ2v) is 4.44. The molecule has 1 aromatic carbocycles. The molecular weight excluding hydrogens is 257 g/mol. The molecule has 0 saturated carbocycles. The highest BCUT2D eigenvalue weighted by atomic mass is 19.1. The van der Waals surface area contributed by atoms with Gasteiger partial charge in [-0.1, -0.05) is 12.1 Å². The van der Waals surface area contributed by atoms with Crippen molar-refractivity contribution in [2.45, 2.75) is 12.5 Å². The van der Waals surface area contributed by atoms with Crippen LogP contribution in [0.25, 0.3) is 0 Å². The Labute approximate surface area is 115 Å². The Morgan fingerprint density at radius 3 is 2.60 bits per heavy atom. The zero-order valence-corrected chi connectivity index (χ0v) is 10.8. The highest BCUT2D eigenvalue weighted by molar-refractivity contribution is 5.94. The maximum absolute atomic E-state index is 12.9. The molecule has 0 radical (unpaired) electrons. The second kappa shape index (κ2) is 5.49. The number of nitrogens with one attached hydrogen (secondary N) is 1. The van der Waals surface area contributed by atoms with Crippen LogP contribution in [0.15, 0.2) is 48.8 Å². The number of hydrogen-bond donors (Lipinski definition) is 1. The van der Waals surface area contributed by atoms with E-state index in [4.69, 9.17) is 0 Å². The highest BCUT2D eigenvalue weighted by Crippen LogP contribution is 2.20. The summed E-state index contributed by atoms with van der Waals surface area (Å²) in [5.41, 5.74) is -0.365. The fourth-order valence-electron chi connectivity index (χ4n) is 1.74. The lowest BCUT2D eigenvalue weighted by Crippen LogP contribution is -2.42. The molecule has 0 aliphatic carbocycles. The van der Waals surface area contributed by atoms with Crippen LogP contribution in [0, 0.1) is 17.1 Å². The quantitative estimate of drug-likeness (QED) is 0.930. The first kappa shape index (κ1) is 13.7. The molecule has 2 rings (SSSR count). The number of halogens is 1. The SMILES string of the molecule is CC(C#N)(NC(=O)c1cccnc1)c1ccc(F)cc1. The van der Waals surface area contributed by atoms with E-state index in [0.29, 0.717) is 11.1 Å². The van der Waals surface area contributed by atoms with Crippen molar-refractivity contribution in [3.05, 3.63) is 65.7 Å². The Morgan fingerprint density at radius 1 is 1.35 bits per heavy atom. The first-order valence-electron chi connectivity index (χ1n) is 5.95. The minimum atomic E-state index is -1.24. The van der Waals surface area contributed by atoms with Crippen molar-refractivity contribution < 1.29 is 9.18 Å². The van der Waals surface area contributed by atoms with Crippen molar-refractivity contribution in [1.82, 2.24) is 10.3 Å². The Kier molecular flexibility index (Phi) is 3.76. The summed E-state index contributed by atoms with van der Waals surface area (Å²) in [5, 5.41) is 12.0. The van der Waals surface area contributed by atoms with Crippen molar-refractivity contribution in [3.63, 3.8) is 0 Å². The van der Waals surface area contributed by atoms with Crippen LogP contribution in [0.5, 0.6) is 0 Å². The highest BCUT2D eigenvalue weighted by Gasteiger charge is 2.28. The number of carbonyl (C=O) groups is 1. The van der Waals surface area contributed by atoms with E-state index in [1.807, 2.05) is 6.07 Å². The maximum atomic E-state index is 12.9. The largest absolute Gasteiger partial charge is 0.330 e. The topological polar surface area (TPSA) is 65.8 Å². The second-order valence-electron chi connectivity index (χ2n) is 4.44. The zero-order valence-electron chi connectivity index (χ0n) is 10.8. The summed E-state index contributed by atoms with van der Waals surface area (Å²) >= 11 is 0. The van der Waals surface area contributed by atoms with E-state index in [-0.39, 0.29) is 0 Å². The Morgan fingerprint density at radius 2 is 2.05 bits per heavy atom. The van der Waals surface area contributed by atoms with Crippen molar-refractivity contribution in [2.75, 3.05) is 0 Å². The summed E-state index contributed by atoms with van der Waals surface area (Å²) in [6.07, 6.45) is 2.97. The Hall–Kier alpha value is -2.74. The third-order valence-corrected chi connectivity index (χ3v) is 2.93. The number of amides is 1. The van der Waals surface area contributed by atoms with E-state index in [2.05, 4.69) is 10.3 Å². The van der Waals surface area contributed by atoms with Gasteiger partial charge in [-0.15, -0.1) is 0 Å². The van der Waals surface area contributed by atoms with E-state index in [0.717, 1.165) is 0 Å². The van der Waals surface area contributed by atoms with Gasteiger partial charge in [0, 0.05) is 12.4 Å². The van der Waals surface area contributed by atoms with Gasteiger partial charge in [-0.2, -0.15) is 5.26 Å². The van der Waals surface area contributed by atoms with E-state index >= 15 is 0 Å². The normalized spacial score (nSPS) is 13.1. The monoisotopic (exact) mass is 269 g/mol. The summed E-state index contributed by atoms with van der Waals surface area (Å²) in [4.78, 5) is 15.9. The van der Waals surface area contributed by atoms with Crippen LogP contribution in [-0.4, -0.2) is 10.9 Å². The molecule has 100 valence electrons. The van der Waals surface area contributed by atoms with Crippen LogP contribution in [0.1, 0.15) is 22.8 Å². The molecule has 1 amide bonds. The number of carbonyl (C=O) groups excluding carboxylic acids is 1. The van der Waals surface area contributed by atoms with E-state index < -0.39 is 17.3 Å². The minimum absolute atomic E-state index is 0.357. The lowest BCUT2D eigenvalue weighted by Gasteiger charge is -2.23. The predicted octanol–water partition coefficient (Wildman–Crippen LogP) is 2.39. The third-order valence-electron chi connectivity index (χ3n) is 2.93. The number of nitriles is 1. The standard InChI is InChI=1S/C15H12FN3O/c1-15(10-17,12-4-6-13(16)7-5-12)19-14(20)11-3-2-8-18-9-11/h2-9H,1H3,(H,19,20). The summed E-state index contributed by atoms with van der Waals surface area (Å²) in [6.45, 7) is 1.56. The molecule has 4 nitrogen and oxygen atoms in total. The van der Waals surface area contributed by atoms with Gasteiger partial charge in [0.15, 0.2) is 5.54 Å². The minimum Gasteiger partial charge on any atom is -0.330 e. The Balaban J connectivity index is 2.27. The van der Waals surface area contributed by atoms with Crippen molar-refractivity contribution in [1.29, 1.82) is 5.26 Å². The van der Waals surface area contributed by atoms with Gasteiger partial charge in [-0.25, -0.2) is 4.39 Å². The van der Waals surface area contributed by atoms with Gasteiger partial charge in [0.05, 0.1) is 11.6 Å². The maximum Gasteiger partial charge on any atom is 0.254 e.